The maximum atomic E-state index is 13.0. The molecule has 2 aromatic carbocycles. The number of esters is 1. The summed E-state index contributed by atoms with van der Waals surface area (Å²) in [5.41, 5.74) is 1.47. The van der Waals surface area contributed by atoms with Crippen molar-refractivity contribution < 1.29 is 14.3 Å². The number of nitrogens with zero attached hydrogens (tertiary/aromatic N) is 2. The molecule has 0 aliphatic heterocycles. The first-order chi connectivity index (χ1) is 13.5. The molecule has 1 aromatic heterocycles. The maximum absolute atomic E-state index is 13.0. The first-order valence-corrected chi connectivity index (χ1v) is 8.95. The van der Waals surface area contributed by atoms with E-state index in [2.05, 4.69) is 5.10 Å². The third kappa shape index (κ3) is 3.91. The zero-order valence-electron chi connectivity index (χ0n) is 15.7. The number of Topliss-reactive ketones (excluding diaryl/α,β-unsaturated/α-hetero) is 1. The molecule has 0 saturated carbocycles. The number of ether oxygens (including phenoxy) is 1. The number of carbonyl (C=O) groups excluding carboxylic acids is 2. The zero-order chi connectivity index (χ0) is 20.1. The smallest absolute Gasteiger partial charge is 0.344 e. The van der Waals surface area contributed by atoms with Crippen LogP contribution in [0.3, 0.4) is 0 Å². The van der Waals surface area contributed by atoms with E-state index in [9.17, 15) is 14.4 Å². The molecule has 28 heavy (non-hydrogen) atoms. The van der Waals surface area contributed by atoms with Crippen LogP contribution in [0.4, 0.5) is 0 Å². The Morgan fingerprint density at radius 3 is 2.07 bits per heavy atom. The summed E-state index contributed by atoms with van der Waals surface area (Å²) in [4.78, 5) is 37.4. The van der Waals surface area contributed by atoms with E-state index in [0.717, 1.165) is 10.2 Å². The van der Waals surface area contributed by atoms with Crippen molar-refractivity contribution in [3.63, 3.8) is 0 Å². The average molecular weight is 376 g/mol. The van der Waals surface area contributed by atoms with Gasteiger partial charge >= 0.3 is 5.97 Å². The summed E-state index contributed by atoms with van der Waals surface area (Å²) in [6.07, 6.45) is 0. The Morgan fingerprint density at radius 1 is 0.964 bits per heavy atom. The number of aromatic nitrogens is 2. The second-order valence-corrected chi connectivity index (χ2v) is 6.22. The highest BCUT2D eigenvalue weighted by molar-refractivity contribution is 6.00. The normalized spacial score (nSPS) is 10.5. The largest absolute Gasteiger partial charge is 0.462 e. The number of benzene rings is 2. The number of hydrogen-bond donors (Lipinski definition) is 0. The molecule has 0 radical (unpaired) electrons. The second-order valence-electron chi connectivity index (χ2n) is 6.22. The summed E-state index contributed by atoms with van der Waals surface area (Å²) in [6, 6.07) is 18.3. The lowest BCUT2D eigenvalue weighted by Gasteiger charge is -2.16. The molecule has 0 atom stereocenters. The summed E-state index contributed by atoms with van der Waals surface area (Å²) in [5, 5.41) is 4.44. The minimum absolute atomic E-state index is 0.122. The second kappa shape index (κ2) is 8.43. The van der Waals surface area contributed by atoms with Crippen molar-refractivity contribution in [1.82, 2.24) is 9.78 Å². The molecule has 0 saturated heterocycles. The Hall–Kier alpha value is -3.54. The van der Waals surface area contributed by atoms with Crippen LogP contribution in [-0.2, 0) is 16.1 Å². The summed E-state index contributed by atoms with van der Waals surface area (Å²) in [6.45, 7) is 2.95. The third-order valence-corrected chi connectivity index (χ3v) is 4.12. The first-order valence-electron chi connectivity index (χ1n) is 8.95. The first kappa shape index (κ1) is 19.2. The van der Waals surface area contributed by atoms with Gasteiger partial charge < -0.3 is 4.74 Å². The van der Waals surface area contributed by atoms with E-state index < -0.39 is 11.5 Å². The quantitative estimate of drug-likeness (QED) is 0.617. The van der Waals surface area contributed by atoms with E-state index in [1.54, 1.807) is 19.1 Å². The highest BCUT2D eigenvalue weighted by atomic mass is 16.5. The molecule has 6 heteroatoms. The number of carbonyl (C=O) groups is 2. The van der Waals surface area contributed by atoms with Crippen molar-refractivity contribution in [2.24, 2.45) is 0 Å². The van der Waals surface area contributed by atoms with Crippen LogP contribution < -0.4 is 5.56 Å². The minimum atomic E-state index is -0.733. The molecule has 0 amide bonds. The van der Waals surface area contributed by atoms with E-state index in [0.29, 0.717) is 16.8 Å². The van der Waals surface area contributed by atoms with Crippen molar-refractivity contribution in [3.8, 4) is 22.4 Å². The van der Waals surface area contributed by atoms with E-state index >= 15 is 0 Å². The summed E-state index contributed by atoms with van der Waals surface area (Å²) in [5.74, 6) is -0.973. The molecular weight excluding hydrogens is 356 g/mol. The van der Waals surface area contributed by atoms with E-state index in [4.69, 9.17) is 4.74 Å². The average Bonchev–Trinajstić information content (AvgIpc) is 2.70. The summed E-state index contributed by atoms with van der Waals surface area (Å²) < 4.78 is 6.19. The van der Waals surface area contributed by atoms with Crippen molar-refractivity contribution in [2.45, 2.75) is 20.4 Å². The van der Waals surface area contributed by atoms with Crippen LogP contribution >= 0.6 is 0 Å². The molecule has 0 N–H and O–H groups in total. The molecule has 3 aromatic rings. The third-order valence-electron chi connectivity index (χ3n) is 4.12. The molecule has 1 heterocycles. The van der Waals surface area contributed by atoms with Gasteiger partial charge in [-0.3, -0.25) is 9.59 Å². The van der Waals surface area contributed by atoms with Gasteiger partial charge in [-0.25, -0.2) is 9.48 Å². The van der Waals surface area contributed by atoms with E-state index in [1.807, 2.05) is 48.5 Å². The van der Waals surface area contributed by atoms with E-state index in [1.165, 1.54) is 6.92 Å². The van der Waals surface area contributed by atoms with Gasteiger partial charge in [0.15, 0.2) is 5.78 Å². The van der Waals surface area contributed by atoms with Gasteiger partial charge in [-0.1, -0.05) is 60.7 Å². The molecule has 3 rings (SSSR count). The number of ketones is 1. The van der Waals surface area contributed by atoms with Gasteiger partial charge in [0, 0.05) is 11.1 Å². The lowest BCUT2D eigenvalue weighted by molar-refractivity contribution is -0.117. The minimum Gasteiger partial charge on any atom is -0.462 e. The molecule has 0 aliphatic carbocycles. The fourth-order valence-electron chi connectivity index (χ4n) is 2.97. The van der Waals surface area contributed by atoms with Gasteiger partial charge in [-0.2, -0.15) is 5.10 Å². The van der Waals surface area contributed by atoms with Crippen LogP contribution in [0.25, 0.3) is 22.4 Å². The van der Waals surface area contributed by atoms with Crippen LogP contribution in [-0.4, -0.2) is 28.1 Å². The van der Waals surface area contributed by atoms with Crippen LogP contribution in [0, 0.1) is 0 Å². The highest BCUT2D eigenvalue weighted by Gasteiger charge is 2.26. The van der Waals surface area contributed by atoms with Crippen molar-refractivity contribution in [2.75, 3.05) is 6.61 Å². The fraction of sp³-hybridized carbons (Fsp3) is 0.182. The monoisotopic (exact) mass is 376 g/mol. The lowest BCUT2D eigenvalue weighted by atomic mass is 9.95. The Labute approximate surface area is 162 Å². The van der Waals surface area contributed by atoms with Gasteiger partial charge in [0.25, 0.3) is 5.56 Å². The molecule has 0 bridgehead atoms. The topological polar surface area (TPSA) is 78.3 Å². The highest BCUT2D eigenvalue weighted by Crippen LogP contribution is 2.32. The Bertz CT molecular complexity index is 1060. The molecule has 142 valence electrons. The molecule has 0 fully saturated rings. The van der Waals surface area contributed by atoms with E-state index in [-0.39, 0.29) is 24.5 Å². The van der Waals surface area contributed by atoms with Crippen LogP contribution in [0.15, 0.2) is 65.5 Å². The summed E-state index contributed by atoms with van der Waals surface area (Å²) in [7, 11) is 0. The Kier molecular flexibility index (Phi) is 5.79. The standard InChI is InChI=1S/C22H20N2O4/c1-3-28-22(27)19-18(16-10-6-4-7-11-16)20(17-12-8-5-9-13-17)23-24(21(19)26)14-15(2)25/h4-13H,3,14H2,1-2H3. The predicted molar refractivity (Wildman–Crippen MR) is 106 cm³/mol. The number of hydrogen-bond acceptors (Lipinski definition) is 5. The fourth-order valence-corrected chi connectivity index (χ4v) is 2.97. The van der Waals surface area contributed by atoms with Crippen LogP contribution in [0.5, 0.6) is 0 Å². The SMILES string of the molecule is CCOC(=O)c1c(-c2ccccc2)c(-c2ccccc2)nn(CC(C)=O)c1=O. The predicted octanol–water partition coefficient (Wildman–Crippen LogP) is 3.34. The maximum Gasteiger partial charge on any atom is 0.344 e. The van der Waals surface area contributed by atoms with Gasteiger partial charge in [0.05, 0.1) is 12.3 Å². The molecule has 0 spiro atoms. The molecule has 0 aliphatic rings. The lowest BCUT2D eigenvalue weighted by Crippen LogP contribution is -2.33. The van der Waals surface area contributed by atoms with Gasteiger partial charge in [0.2, 0.25) is 0 Å². The van der Waals surface area contributed by atoms with Gasteiger partial charge in [0.1, 0.15) is 12.1 Å². The number of rotatable bonds is 6. The molecule has 0 unspecified atom stereocenters. The van der Waals surface area contributed by atoms with Crippen molar-refractivity contribution in [3.05, 3.63) is 76.6 Å². The Balaban J connectivity index is 2.42. The molecule has 6 nitrogen and oxygen atoms in total. The van der Waals surface area contributed by atoms with Gasteiger partial charge in [-0.05, 0) is 19.4 Å². The van der Waals surface area contributed by atoms with Crippen LogP contribution in [0.2, 0.25) is 0 Å². The van der Waals surface area contributed by atoms with Crippen LogP contribution in [0.1, 0.15) is 24.2 Å². The zero-order valence-corrected chi connectivity index (χ0v) is 15.7. The van der Waals surface area contributed by atoms with Gasteiger partial charge in [-0.15, -0.1) is 0 Å². The Morgan fingerprint density at radius 2 is 1.54 bits per heavy atom. The summed E-state index contributed by atoms with van der Waals surface area (Å²) >= 11 is 0. The molecular formula is C22H20N2O4. The van der Waals surface area contributed by atoms with Crippen molar-refractivity contribution in [1.29, 1.82) is 0 Å². The van der Waals surface area contributed by atoms with Crippen molar-refractivity contribution >= 4 is 11.8 Å².